The minimum atomic E-state index is -4.17. The van der Waals surface area contributed by atoms with Crippen LogP contribution in [0.4, 0.5) is 0 Å². The number of nitrogens with one attached hydrogen (secondary N) is 1. The van der Waals surface area contributed by atoms with Crippen molar-refractivity contribution < 1.29 is 22.7 Å². The molecular formula is C38H44Cl4N6O5S. The number of carbonyl (C=O) groups is 2. The summed E-state index contributed by atoms with van der Waals surface area (Å²) < 4.78 is 35.5. The number of aromatic nitrogens is 1. The van der Waals surface area contributed by atoms with Gasteiger partial charge in [-0.3, -0.25) is 9.59 Å². The van der Waals surface area contributed by atoms with Crippen LogP contribution in [0.1, 0.15) is 53.6 Å². The third kappa shape index (κ3) is 9.58. The zero-order valence-electron chi connectivity index (χ0n) is 30.0. The van der Waals surface area contributed by atoms with E-state index >= 15 is 0 Å². The van der Waals surface area contributed by atoms with Crippen LogP contribution in [-0.2, 0) is 32.6 Å². The number of nitrogens with zero attached hydrogens (tertiary/aromatic N) is 4. The van der Waals surface area contributed by atoms with E-state index in [2.05, 4.69) is 15.4 Å². The fraction of sp³-hybridized carbons (Fsp3) is 0.368. The average molecular weight is 839 g/mol. The van der Waals surface area contributed by atoms with Gasteiger partial charge in [-0.1, -0.05) is 59.6 Å². The number of hydrogen-bond acceptors (Lipinski definition) is 8. The summed E-state index contributed by atoms with van der Waals surface area (Å²) in [6, 6.07) is 17.2. The summed E-state index contributed by atoms with van der Waals surface area (Å²) in [6.45, 7) is 5.62. The molecule has 0 unspecified atom stereocenters. The smallest absolute Gasteiger partial charge is 0.245 e. The summed E-state index contributed by atoms with van der Waals surface area (Å²) in [5.41, 5.74) is 4.71. The van der Waals surface area contributed by atoms with Crippen LogP contribution >= 0.6 is 48.0 Å². The summed E-state index contributed by atoms with van der Waals surface area (Å²) >= 11 is 13.3. The summed E-state index contributed by atoms with van der Waals surface area (Å²) in [5.74, 6) is 5.62. The highest BCUT2D eigenvalue weighted by molar-refractivity contribution is 7.89. The van der Waals surface area contributed by atoms with Crippen molar-refractivity contribution in [3.63, 3.8) is 0 Å². The van der Waals surface area contributed by atoms with Crippen molar-refractivity contribution in [3.05, 3.63) is 98.7 Å². The number of hydrazone groups is 1. The van der Waals surface area contributed by atoms with Crippen molar-refractivity contribution in [2.45, 2.75) is 63.5 Å². The van der Waals surface area contributed by atoms with Crippen LogP contribution in [-0.4, -0.2) is 72.9 Å². The molecule has 1 atom stereocenters. The molecule has 16 heteroatoms. The number of rotatable bonds is 11. The number of fused-ring (bicyclic) bond motifs is 1. The van der Waals surface area contributed by atoms with Gasteiger partial charge in [0.1, 0.15) is 28.8 Å². The Balaban J connectivity index is 0.00000325. The van der Waals surface area contributed by atoms with Crippen LogP contribution in [0, 0.1) is 19.8 Å². The van der Waals surface area contributed by atoms with Gasteiger partial charge in [0.15, 0.2) is 0 Å². The SMILES string of the molecule is Cc1cc(C)c2cccc(OCc3c(Cl)ccc(S(=O)(=O)N4CCC[C@H]4C(=O)NCC4CCN(C(=O)Cc5ccc(C=NN)cc5)CC4)c3Cl)c2n1.Cl.Cl. The first-order valence-electron chi connectivity index (χ1n) is 17.3. The second kappa shape index (κ2) is 18.8. The first-order valence-corrected chi connectivity index (χ1v) is 19.5. The number of likely N-dealkylation sites (tertiary alicyclic amines) is 1. The highest BCUT2D eigenvalue weighted by Crippen LogP contribution is 2.37. The maximum Gasteiger partial charge on any atom is 0.245 e. The molecular weight excluding hydrogens is 794 g/mol. The lowest BCUT2D eigenvalue weighted by Crippen LogP contribution is -2.48. The number of sulfonamides is 1. The molecule has 3 aromatic carbocycles. The second-order valence-corrected chi connectivity index (χ2v) is 16.0. The Morgan fingerprint density at radius 3 is 2.44 bits per heavy atom. The minimum absolute atomic E-state index is 0. The molecule has 2 fully saturated rings. The van der Waals surface area contributed by atoms with E-state index in [1.54, 1.807) is 12.3 Å². The Bertz CT molecular complexity index is 2110. The van der Waals surface area contributed by atoms with Crippen LogP contribution in [0.5, 0.6) is 5.75 Å². The van der Waals surface area contributed by atoms with Gasteiger partial charge in [-0.2, -0.15) is 9.41 Å². The quantitative estimate of drug-likeness (QED) is 0.0981. The summed E-state index contributed by atoms with van der Waals surface area (Å²) in [7, 11) is -4.17. The number of hydrogen-bond donors (Lipinski definition) is 2. The number of pyridine rings is 1. The third-order valence-electron chi connectivity index (χ3n) is 9.84. The number of halogens is 4. The molecule has 3 heterocycles. The van der Waals surface area contributed by atoms with Gasteiger partial charge in [-0.15, -0.1) is 24.8 Å². The van der Waals surface area contributed by atoms with Crippen molar-refractivity contribution in [1.29, 1.82) is 0 Å². The minimum Gasteiger partial charge on any atom is -0.487 e. The van der Waals surface area contributed by atoms with Crippen molar-refractivity contribution in [2.24, 2.45) is 16.9 Å². The molecule has 0 spiro atoms. The number of benzene rings is 3. The Morgan fingerprint density at radius 2 is 1.74 bits per heavy atom. The van der Waals surface area contributed by atoms with Gasteiger partial charge in [0, 0.05) is 47.8 Å². The van der Waals surface area contributed by atoms with Crippen molar-refractivity contribution in [3.8, 4) is 5.75 Å². The van der Waals surface area contributed by atoms with Gasteiger partial charge in [0.2, 0.25) is 21.8 Å². The van der Waals surface area contributed by atoms with Crippen molar-refractivity contribution in [1.82, 2.24) is 19.5 Å². The predicted molar refractivity (Wildman–Crippen MR) is 218 cm³/mol. The maximum absolute atomic E-state index is 14.1. The fourth-order valence-electron chi connectivity index (χ4n) is 6.99. The normalized spacial score (nSPS) is 16.6. The van der Waals surface area contributed by atoms with Crippen LogP contribution in [0.2, 0.25) is 10.0 Å². The zero-order chi connectivity index (χ0) is 37.0. The molecule has 4 aromatic rings. The van der Waals surface area contributed by atoms with Crippen LogP contribution < -0.4 is 15.9 Å². The summed E-state index contributed by atoms with van der Waals surface area (Å²) in [5, 5.41) is 7.68. The number of ether oxygens (including phenoxy) is 1. The lowest BCUT2D eigenvalue weighted by atomic mass is 9.96. The Morgan fingerprint density at radius 1 is 1.02 bits per heavy atom. The molecule has 1 aromatic heterocycles. The molecule has 6 rings (SSSR count). The molecule has 2 aliphatic rings. The third-order valence-corrected chi connectivity index (χ3v) is 12.7. The molecule has 2 amide bonds. The van der Waals surface area contributed by atoms with Crippen LogP contribution in [0.3, 0.4) is 0 Å². The first kappa shape index (κ1) is 43.1. The lowest BCUT2D eigenvalue weighted by molar-refractivity contribution is -0.132. The molecule has 2 aliphatic heterocycles. The van der Waals surface area contributed by atoms with Crippen LogP contribution in [0.25, 0.3) is 10.9 Å². The second-order valence-electron chi connectivity index (χ2n) is 13.4. The van der Waals surface area contributed by atoms with E-state index in [4.69, 9.17) is 33.8 Å². The monoisotopic (exact) mass is 836 g/mol. The highest BCUT2D eigenvalue weighted by Gasteiger charge is 2.41. The fourth-order valence-corrected chi connectivity index (χ4v) is 9.51. The molecule has 0 saturated carbocycles. The van der Waals surface area contributed by atoms with E-state index in [0.717, 1.165) is 40.6 Å². The number of carbonyl (C=O) groups excluding carboxylic acids is 2. The van der Waals surface area contributed by atoms with Gasteiger partial charge in [-0.05, 0) is 86.4 Å². The van der Waals surface area contributed by atoms with Crippen LogP contribution in [0.15, 0.2) is 70.7 Å². The van der Waals surface area contributed by atoms with Gasteiger partial charge in [0.25, 0.3) is 0 Å². The topological polar surface area (TPSA) is 147 Å². The maximum atomic E-state index is 14.1. The first-order chi connectivity index (χ1) is 25.0. The lowest BCUT2D eigenvalue weighted by Gasteiger charge is -2.32. The average Bonchev–Trinajstić information content (AvgIpc) is 3.63. The summed E-state index contributed by atoms with van der Waals surface area (Å²) in [6.07, 6.45) is 4.27. The van der Waals surface area contributed by atoms with E-state index in [1.165, 1.54) is 16.4 Å². The molecule has 11 nitrogen and oxygen atoms in total. The highest BCUT2D eigenvalue weighted by atomic mass is 35.5. The number of nitrogens with two attached hydrogens (primary N) is 1. The van der Waals surface area contributed by atoms with Crippen molar-refractivity contribution >= 4 is 87.0 Å². The Kier molecular flexibility index (Phi) is 15.0. The molecule has 290 valence electrons. The van der Waals surface area contributed by atoms with E-state index in [-0.39, 0.29) is 70.6 Å². The number of amides is 2. The van der Waals surface area contributed by atoms with E-state index in [1.807, 2.05) is 61.2 Å². The van der Waals surface area contributed by atoms with Gasteiger partial charge in [-0.25, -0.2) is 13.4 Å². The molecule has 54 heavy (non-hydrogen) atoms. The molecule has 0 aliphatic carbocycles. The number of aryl methyl sites for hydroxylation is 2. The number of piperidine rings is 1. The molecule has 2 saturated heterocycles. The van der Waals surface area contributed by atoms with Crippen molar-refractivity contribution in [2.75, 3.05) is 26.2 Å². The zero-order valence-corrected chi connectivity index (χ0v) is 33.9. The molecule has 3 N–H and O–H groups in total. The molecule has 0 radical (unpaired) electrons. The molecule has 0 bridgehead atoms. The standard InChI is InChI=1S/C38H42Cl2N6O5S.2ClH/c1-24-19-25(2)44-37-29(24)5-3-7-33(37)51-23-30-31(39)12-13-34(36(30)40)52(49,50)46-16-4-6-32(46)38(48)42-21-28-14-17-45(18-15-28)35(47)20-26-8-10-27(11-9-26)22-43-41;;/h3,5,7-13,19,22,28,32H,4,6,14-18,20-21,23,41H2,1-2H3,(H,42,48);2*1H/t32-;;/m0../s1. The number of para-hydroxylation sites is 1. The van der Waals surface area contributed by atoms with E-state index in [0.29, 0.717) is 55.7 Å². The van der Waals surface area contributed by atoms with E-state index < -0.39 is 16.1 Å². The van der Waals surface area contributed by atoms with E-state index in [9.17, 15) is 18.0 Å². The summed E-state index contributed by atoms with van der Waals surface area (Å²) in [4.78, 5) is 32.8. The van der Waals surface area contributed by atoms with Gasteiger partial charge >= 0.3 is 0 Å². The largest absolute Gasteiger partial charge is 0.487 e. The Hall–Kier alpha value is -3.65. The predicted octanol–water partition coefficient (Wildman–Crippen LogP) is 6.62. The van der Waals surface area contributed by atoms with Gasteiger partial charge in [0.05, 0.1) is 17.7 Å². The van der Waals surface area contributed by atoms with Gasteiger partial charge < -0.3 is 20.8 Å². The Labute approximate surface area is 338 Å².